The third-order valence-electron chi connectivity index (χ3n) is 2.82. The molecule has 0 aliphatic carbocycles. The zero-order valence-electron chi connectivity index (χ0n) is 10.8. The molecule has 1 amide bonds. The molecule has 0 fully saturated rings. The van der Waals surface area contributed by atoms with Crippen LogP contribution < -0.4 is 11.2 Å². The summed E-state index contributed by atoms with van der Waals surface area (Å²) in [6.07, 6.45) is 2.85. The molecule has 10 heteroatoms. The number of amides is 1. The minimum absolute atomic E-state index is 0.0171. The Bertz CT molecular complexity index is 998. The van der Waals surface area contributed by atoms with Crippen molar-refractivity contribution < 1.29 is 9.90 Å². The summed E-state index contributed by atoms with van der Waals surface area (Å²) >= 11 is 0. The first-order chi connectivity index (χ1) is 10.6. The maximum absolute atomic E-state index is 11.8. The van der Waals surface area contributed by atoms with Crippen LogP contribution in [0.4, 0.5) is 5.82 Å². The lowest BCUT2D eigenvalue weighted by molar-refractivity contribution is 0.0995. The second-order valence-electron chi connectivity index (χ2n) is 4.22. The second-order valence-corrected chi connectivity index (χ2v) is 4.22. The highest BCUT2D eigenvalue weighted by atomic mass is 16.3. The normalized spacial score (nSPS) is 11.3. The molecule has 3 aromatic rings. The van der Waals surface area contributed by atoms with E-state index in [-0.39, 0.29) is 22.4 Å². The van der Waals surface area contributed by atoms with Gasteiger partial charge in [0.1, 0.15) is 11.0 Å². The van der Waals surface area contributed by atoms with Crippen molar-refractivity contribution in [1.29, 1.82) is 0 Å². The minimum Gasteiger partial charge on any atom is -0.504 e. The van der Waals surface area contributed by atoms with Crippen LogP contribution in [0.1, 0.15) is 10.4 Å². The van der Waals surface area contributed by atoms with Gasteiger partial charge in [0.2, 0.25) is 0 Å². The molecule has 0 aliphatic rings. The molecule has 110 valence electrons. The van der Waals surface area contributed by atoms with Crippen LogP contribution in [-0.4, -0.2) is 30.9 Å². The van der Waals surface area contributed by atoms with Gasteiger partial charge in [0, 0.05) is 18.0 Å². The van der Waals surface area contributed by atoms with Gasteiger partial charge in [0.15, 0.2) is 11.6 Å². The lowest BCUT2D eigenvalue weighted by Gasteiger charge is -1.92. The third-order valence-corrected chi connectivity index (χ3v) is 2.82. The van der Waals surface area contributed by atoms with Gasteiger partial charge in [-0.05, 0) is 12.1 Å². The van der Waals surface area contributed by atoms with E-state index in [1.807, 2.05) is 4.98 Å². The predicted molar refractivity (Wildman–Crippen MR) is 74.3 cm³/mol. The highest BCUT2D eigenvalue weighted by Crippen LogP contribution is 2.31. The van der Waals surface area contributed by atoms with Crippen LogP contribution in [-0.2, 0) is 0 Å². The summed E-state index contributed by atoms with van der Waals surface area (Å²) in [4.78, 5) is 45.0. The topological polar surface area (TPSA) is 156 Å². The molecular weight excluding hydrogens is 292 g/mol. The molecule has 3 aromatic heterocycles. The first-order valence-electron chi connectivity index (χ1n) is 5.99. The van der Waals surface area contributed by atoms with Crippen molar-refractivity contribution in [2.24, 2.45) is 10.2 Å². The molecule has 22 heavy (non-hydrogen) atoms. The number of fused-ring (bicyclic) bond motifs is 1. The molecule has 3 rings (SSSR count). The van der Waals surface area contributed by atoms with Crippen LogP contribution in [0.5, 0.6) is 5.75 Å². The molecule has 0 atom stereocenters. The van der Waals surface area contributed by atoms with Crippen molar-refractivity contribution in [3.8, 4) is 5.75 Å². The van der Waals surface area contributed by atoms with E-state index in [9.17, 15) is 19.5 Å². The third kappa shape index (κ3) is 2.28. The number of hydrogen-bond acceptors (Lipinski definition) is 6. The van der Waals surface area contributed by atoms with Crippen LogP contribution in [0.15, 0.2) is 44.3 Å². The van der Waals surface area contributed by atoms with Gasteiger partial charge in [-0.2, -0.15) is 0 Å². The predicted octanol–water partition coefficient (Wildman–Crippen LogP) is 0.569. The number of aromatic nitrogens is 4. The van der Waals surface area contributed by atoms with Crippen molar-refractivity contribution in [1.82, 2.24) is 19.9 Å². The summed E-state index contributed by atoms with van der Waals surface area (Å²) < 4.78 is 0. The Morgan fingerprint density at radius 1 is 1.14 bits per heavy atom. The average molecular weight is 300 g/mol. The van der Waals surface area contributed by atoms with Gasteiger partial charge in [-0.1, -0.05) is 0 Å². The Kier molecular flexibility index (Phi) is 3.10. The fourth-order valence-electron chi connectivity index (χ4n) is 1.82. The number of aromatic hydroxyl groups is 1. The lowest BCUT2D eigenvalue weighted by Crippen LogP contribution is -2.21. The van der Waals surface area contributed by atoms with Crippen LogP contribution >= 0.6 is 0 Å². The van der Waals surface area contributed by atoms with E-state index in [4.69, 9.17) is 0 Å². The van der Waals surface area contributed by atoms with Gasteiger partial charge in [-0.15, -0.1) is 10.2 Å². The standard InChI is InChI=1S/C12H8N6O4/c19-7-6-8(15-12(22)16-11(6)21)14-9(7)17-18-10(20)5-1-3-13-4-2-5/h1-4,19H,(H3,14,15,16,21,22). The number of H-pyrrole nitrogens is 3. The van der Waals surface area contributed by atoms with Crippen LogP contribution in [0.3, 0.4) is 0 Å². The number of nitrogens with one attached hydrogen (secondary N) is 3. The van der Waals surface area contributed by atoms with E-state index in [0.717, 1.165) is 0 Å². The first-order valence-corrected chi connectivity index (χ1v) is 5.99. The van der Waals surface area contributed by atoms with Crippen LogP contribution in [0.25, 0.3) is 11.0 Å². The van der Waals surface area contributed by atoms with Crippen molar-refractivity contribution in [2.45, 2.75) is 0 Å². The maximum Gasteiger partial charge on any atom is 0.327 e. The number of carbonyl (C=O) groups excluding carboxylic acids is 1. The fraction of sp³-hybridized carbons (Fsp3) is 0. The van der Waals surface area contributed by atoms with E-state index in [2.05, 4.69) is 25.2 Å². The van der Waals surface area contributed by atoms with Gasteiger partial charge in [-0.25, -0.2) is 4.79 Å². The van der Waals surface area contributed by atoms with Crippen molar-refractivity contribution in [3.05, 3.63) is 50.9 Å². The number of nitrogens with zero attached hydrogens (tertiary/aromatic N) is 3. The number of azo groups is 1. The molecule has 0 saturated heterocycles. The summed E-state index contributed by atoms with van der Waals surface area (Å²) in [5, 5.41) is 16.7. The number of rotatable bonds is 2. The quantitative estimate of drug-likeness (QED) is 0.509. The van der Waals surface area contributed by atoms with Gasteiger partial charge >= 0.3 is 5.69 Å². The first kappa shape index (κ1) is 13.4. The summed E-state index contributed by atoms with van der Waals surface area (Å²) in [5.41, 5.74) is -1.28. The van der Waals surface area contributed by atoms with E-state index in [1.165, 1.54) is 24.5 Å². The monoisotopic (exact) mass is 300 g/mol. The number of hydrogen-bond donors (Lipinski definition) is 4. The molecule has 4 N–H and O–H groups in total. The Balaban J connectivity index is 2.01. The zero-order chi connectivity index (χ0) is 15.7. The Morgan fingerprint density at radius 2 is 1.86 bits per heavy atom. The van der Waals surface area contributed by atoms with Gasteiger partial charge in [0.05, 0.1) is 0 Å². The Hall–Kier alpha value is -3.56. The van der Waals surface area contributed by atoms with E-state index in [0.29, 0.717) is 0 Å². The maximum atomic E-state index is 11.8. The molecule has 0 unspecified atom stereocenters. The minimum atomic E-state index is -0.783. The Labute approximate surface area is 120 Å². The average Bonchev–Trinajstić information content (AvgIpc) is 2.82. The molecule has 0 aromatic carbocycles. The number of aromatic amines is 3. The molecule has 0 saturated carbocycles. The summed E-state index contributed by atoms with van der Waals surface area (Å²) in [5.74, 6) is -1.38. The highest BCUT2D eigenvalue weighted by Gasteiger charge is 2.15. The molecule has 10 nitrogen and oxygen atoms in total. The van der Waals surface area contributed by atoms with Crippen LogP contribution in [0.2, 0.25) is 0 Å². The fourth-order valence-corrected chi connectivity index (χ4v) is 1.82. The Morgan fingerprint density at radius 3 is 2.59 bits per heavy atom. The highest BCUT2D eigenvalue weighted by molar-refractivity contribution is 5.94. The summed E-state index contributed by atoms with van der Waals surface area (Å²) in [6.45, 7) is 0. The molecule has 0 bridgehead atoms. The largest absolute Gasteiger partial charge is 0.504 e. The van der Waals surface area contributed by atoms with Gasteiger partial charge in [0.25, 0.3) is 11.5 Å². The van der Waals surface area contributed by atoms with E-state index < -0.39 is 22.9 Å². The van der Waals surface area contributed by atoms with E-state index in [1.54, 1.807) is 0 Å². The van der Waals surface area contributed by atoms with Gasteiger partial charge < -0.3 is 10.1 Å². The zero-order valence-corrected chi connectivity index (χ0v) is 10.8. The van der Waals surface area contributed by atoms with Crippen LogP contribution in [0, 0.1) is 0 Å². The SMILES string of the molecule is O=C(N=Nc1[nH]c2[nH]c(=O)[nH]c(=O)c2c1O)c1ccncc1. The number of carbonyl (C=O) groups is 1. The van der Waals surface area contributed by atoms with Crippen molar-refractivity contribution >= 4 is 22.8 Å². The van der Waals surface area contributed by atoms with Gasteiger partial charge in [-0.3, -0.25) is 24.5 Å². The second kappa shape index (κ2) is 5.09. The summed E-state index contributed by atoms with van der Waals surface area (Å²) in [7, 11) is 0. The molecule has 0 aliphatic heterocycles. The van der Waals surface area contributed by atoms with E-state index >= 15 is 0 Å². The number of pyridine rings is 1. The van der Waals surface area contributed by atoms with Crippen molar-refractivity contribution in [3.63, 3.8) is 0 Å². The smallest absolute Gasteiger partial charge is 0.327 e. The molecule has 0 spiro atoms. The van der Waals surface area contributed by atoms with Crippen molar-refractivity contribution in [2.75, 3.05) is 0 Å². The lowest BCUT2D eigenvalue weighted by atomic mass is 10.3. The summed E-state index contributed by atoms with van der Waals surface area (Å²) in [6, 6.07) is 2.91. The molecular formula is C12H8N6O4. The molecule has 3 heterocycles. The molecule has 0 radical (unpaired) electrons.